The summed E-state index contributed by atoms with van der Waals surface area (Å²) in [7, 11) is 0. The van der Waals surface area contributed by atoms with E-state index in [1.807, 2.05) is 20.8 Å². The van der Waals surface area contributed by atoms with Gasteiger partial charge in [0.25, 0.3) is 0 Å². The van der Waals surface area contributed by atoms with Crippen LogP contribution < -0.4 is 0 Å². The highest BCUT2D eigenvalue weighted by Gasteiger charge is 2.28. The third kappa shape index (κ3) is 3.80. The van der Waals surface area contributed by atoms with Gasteiger partial charge in [-0.2, -0.15) is 0 Å². The van der Waals surface area contributed by atoms with Crippen LogP contribution in [-0.2, 0) is 9.53 Å². The molecule has 88 valence electrons. The summed E-state index contributed by atoms with van der Waals surface area (Å²) in [5, 5.41) is 8.82. The Labute approximate surface area is 91.2 Å². The average Bonchev–Trinajstić information content (AvgIpc) is 2.12. The Bertz CT molecular complexity index is 210. The molecule has 0 radical (unpaired) electrons. The number of hydrogen-bond acceptors (Lipinski definition) is 3. The molecule has 1 fully saturated rings. The molecule has 1 aliphatic rings. The zero-order valence-corrected chi connectivity index (χ0v) is 9.77. The number of carboxylic acids is 1. The van der Waals surface area contributed by atoms with Gasteiger partial charge >= 0.3 is 5.97 Å². The first-order chi connectivity index (χ1) is 7.02. The Morgan fingerprint density at radius 1 is 1.47 bits per heavy atom. The molecule has 0 spiro atoms. The van der Waals surface area contributed by atoms with Gasteiger partial charge in [0.15, 0.2) is 0 Å². The number of morpholine rings is 1. The Morgan fingerprint density at radius 2 is 2.00 bits per heavy atom. The molecular weight excluding hydrogens is 194 g/mol. The lowest BCUT2D eigenvalue weighted by atomic mass is 10.1. The number of carboxylic acid groups (broad SMARTS) is 1. The quantitative estimate of drug-likeness (QED) is 0.769. The lowest BCUT2D eigenvalue weighted by molar-refractivity contribution is -0.140. The van der Waals surface area contributed by atoms with E-state index in [1.54, 1.807) is 0 Å². The van der Waals surface area contributed by atoms with Gasteiger partial charge in [0.2, 0.25) is 0 Å². The predicted octanol–water partition coefficient (Wildman–Crippen LogP) is 1.35. The van der Waals surface area contributed by atoms with E-state index in [-0.39, 0.29) is 24.7 Å². The summed E-state index contributed by atoms with van der Waals surface area (Å²) in [6.07, 6.45) is 1.52. The van der Waals surface area contributed by atoms with Crippen molar-refractivity contribution >= 4 is 5.97 Å². The van der Waals surface area contributed by atoms with Crippen molar-refractivity contribution in [2.24, 2.45) is 0 Å². The van der Waals surface area contributed by atoms with Crippen LogP contribution in [0.4, 0.5) is 0 Å². The van der Waals surface area contributed by atoms with E-state index >= 15 is 0 Å². The van der Waals surface area contributed by atoms with Crippen molar-refractivity contribution in [3.8, 4) is 0 Å². The molecule has 0 aromatic carbocycles. The largest absolute Gasteiger partial charge is 0.481 e. The van der Waals surface area contributed by atoms with Gasteiger partial charge in [0.1, 0.15) is 0 Å². The number of aliphatic carboxylic acids is 1. The van der Waals surface area contributed by atoms with Crippen LogP contribution in [0, 0.1) is 0 Å². The molecule has 15 heavy (non-hydrogen) atoms. The number of nitrogens with zero attached hydrogens (tertiary/aromatic N) is 1. The Kier molecular flexibility index (Phi) is 4.54. The van der Waals surface area contributed by atoms with Gasteiger partial charge in [0, 0.05) is 19.1 Å². The standard InChI is InChI=1S/C11H21NO3/c1-4-10(5-11(13)14)12-6-8(2)15-9(3)7-12/h8-10H,4-7H2,1-3H3,(H,13,14)/t8-,9+,10?. The van der Waals surface area contributed by atoms with Crippen molar-refractivity contribution in [2.45, 2.75) is 51.9 Å². The van der Waals surface area contributed by atoms with Crippen LogP contribution in [0.25, 0.3) is 0 Å². The SMILES string of the molecule is CCC(CC(=O)O)N1C[C@@H](C)O[C@@H](C)C1. The zero-order valence-electron chi connectivity index (χ0n) is 9.77. The molecule has 1 N–H and O–H groups in total. The van der Waals surface area contributed by atoms with E-state index in [0.717, 1.165) is 19.5 Å². The monoisotopic (exact) mass is 215 g/mol. The maximum Gasteiger partial charge on any atom is 0.304 e. The Balaban J connectivity index is 2.54. The second-order valence-corrected chi connectivity index (χ2v) is 4.37. The van der Waals surface area contributed by atoms with Crippen molar-refractivity contribution in [1.82, 2.24) is 4.90 Å². The normalized spacial score (nSPS) is 30.1. The highest BCUT2D eigenvalue weighted by atomic mass is 16.5. The summed E-state index contributed by atoms with van der Waals surface area (Å²) < 4.78 is 5.63. The molecule has 3 atom stereocenters. The number of ether oxygens (including phenoxy) is 1. The second-order valence-electron chi connectivity index (χ2n) is 4.37. The van der Waals surface area contributed by atoms with Crippen LogP contribution in [0.2, 0.25) is 0 Å². The van der Waals surface area contributed by atoms with Gasteiger partial charge in [-0.1, -0.05) is 6.92 Å². The first-order valence-corrected chi connectivity index (χ1v) is 5.64. The summed E-state index contributed by atoms with van der Waals surface area (Å²) in [5.74, 6) is -0.714. The molecule has 4 nitrogen and oxygen atoms in total. The second kappa shape index (κ2) is 5.47. The van der Waals surface area contributed by atoms with Crippen molar-refractivity contribution in [3.05, 3.63) is 0 Å². The summed E-state index contributed by atoms with van der Waals surface area (Å²) in [5.41, 5.74) is 0. The Hall–Kier alpha value is -0.610. The lowest BCUT2D eigenvalue weighted by Gasteiger charge is -2.39. The molecule has 1 aliphatic heterocycles. The molecule has 1 saturated heterocycles. The van der Waals surface area contributed by atoms with Crippen LogP contribution in [0.3, 0.4) is 0 Å². The van der Waals surface area contributed by atoms with E-state index in [4.69, 9.17) is 9.84 Å². The van der Waals surface area contributed by atoms with Crippen molar-refractivity contribution in [1.29, 1.82) is 0 Å². The summed E-state index contributed by atoms with van der Waals surface area (Å²) in [4.78, 5) is 13.0. The minimum Gasteiger partial charge on any atom is -0.481 e. The minimum absolute atomic E-state index is 0.149. The fourth-order valence-electron chi connectivity index (χ4n) is 2.25. The van der Waals surface area contributed by atoms with Gasteiger partial charge in [-0.3, -0.25) is 9.69 Å². The Morgan fingerprint density at radius 3 is 2.40 bits per heavy atom. The van der Waals surface area contributed by atoms with Gasteiger partial charge in [-0.15, -0.1) is 0 Å². The molecule has 0 bridgehead atoms. The molecule has 1 unspecified atom stereocenters. The van der Waals surface area contributed by atoms with Crippen molar-refractivity contribution < 1.29 is 14.6 Å². The first-order valence-electron chi connectivity index (χ1n) is 5.64. The van der Waals surface area contributed by atoms with Gasteiger partial charge < -0.3 is 9.84 Å². The fraction of sp³-hybridized carbons (Fsp3) is 0.909. The van der Waals surface area contributed by atoms with E-state index in [0.29, 0.717) is 0 Å². The molecule has 4 heteroatoms. The fourth-order valence-corrected chi connectivity index (χ4v) is 2.25. The van der Waals surface area contributed by atoms with Crippen LogP contribution in [-0.4, -0.2) is 47.3 Å². The van der Waals surface area contributed by atoms with Crippen LogP contribution in [0.15, 0.2) is 0 Å². The molecule has 0 aromatic heterocycles. The van der Waals surface area contributed by atoms with E-state index in [2.05, 4.69) is 4.90 Å². The van der Waals surface area contributed by atoms with Gasteiger partial charge in [-0.25, -0.2) is 0 Å². The number of rotatable bonds is 4. The molecule has 0 saturated carbocycles. The summed E-state index contributed by atoms with van der Waals surface area (Å²) in [6.45, 7) is 7.80. The van der Waals surface area contributed by atoms with E-state index < -0.39 is 5.97 Å². The maximum absolute atomic E-state index is 10.7. The third-order valence-corrected chi connectivity index (χ3v) is 2.85. The smallest absolute Gasteiger partial charge is 0.304 e. The predicted molar refractivity (Wildman–Crippen MR) is 57.9 cm³/mol. The third-order valence-electron chi connectivity index (χ3n) is 2.85. The highest BCUT2D eigenvalue weighted by Crippen LogP contribution is 2.17. The molecule has 0 amide bonds. The van der Waals surface area contributed by atoms with Crippen LogP contribution in [0.1, 0.15) is 33.6 Å². The van der Waals surface area contributed by atoms with E-state index in [1.165, 1.54) is 0 Å². The first kappa shape index (κ1) is 12.5. The van der Waals surface area contributed by atoms with Crippen molar-refractivity contribution in [3.63, 3.8) is 0 Å². The zero-order chi connectivity index (χ0) is 11.4. The molecule has 0 aromatic rings. The van der Waals surface area contributed by atoms with Gasteiger partial charge in [-0.05, 0) is 20.3 Å². The molecular formula is C11H21NO3. The molecule has 1 rings (SSSR count). The minimum atomic E-state index is -0.714. The lowest BCUT2D eigenvalue weighted by Crippen LogP contribution is -2.50. The maximum atomic E-state index is 10.7. The van der Waals surface area contributed by atoms with Crippen LogP contribution in [0.5, 0.6) is 0 Å². The van der Waals surface area contributed by atoms with Crippen LogP contribution >= 0.6 is 0 Å². The summed E-state index contributed by atoms with van der Waals surface area (Å²) >= 11 is 0. The topological polar surface area (TPSA) is 49.8 Å². The summed E-state index contributed by atoms with van der Waals surface area (Å²) in [6, 6.07) is 0.149. The number of hydrogen-bond donors (Lipinski definition) is 1. The van der Waals surface area contributed by atoms with Crippen molar-refractivity contribution in [2.75, 3.05) is 13.1 Å². The van der Waals surface area contributed by atoms with Gasteiger partial charge in [0.05, 0.1) is 18.6 Å². The number of carbonyl (C=O) groups is 1. The average molecular weight is 215 g/mol. The molecule has 1 heterocycles. The highest BCUT2D eigenvalue weighted by molar-refractivity contribution is 5.67. The van der Waals surface area contributed by atoms with E-state index in [9.17, 15) is 4.79 Å². The molecule has 0 aliphatic carbocycles.